The molecule has 0 amide bonds. The van der Waals surface area contributed by atoms with Crippen LogP contribution in [0.4, 0.5) is 0 Å². The van der Waals surface area contributed by atoms with Crippen LogP contribution in [-0.2, 0) is 10.6 Å². The molecule has 0 radical (unpaired) electrons. The Labute approximate surface area is 101 Å². The number of rotatable bonds is 7. The minimum absolute atomic E-state index is 0.471. The fourth-order valence-electron chi connectivity index (χ4n) is 1.26. The minimum atomic E-state index is 0.471. The summed E-state index contributed by atoms with van der Waals surface area (Å²) in [5, 5.41) is 0. The second-order valence-corrected chi connectivity index (χ2v) is 3.46. The van der Waals surface area contributed by atoms with Gasteiger partial charge in [-0.2, -0.15) is 0 Å². The van der Waals surface area contributed by atoms with Crippen molar-refractivity contribution in [3.05, 3.63) is 23.8 Å². The van der Waals surface area contributed by atoms with Gasteiger partial charge in [0.15, 0.2) is 11.5 Å². The van der Waals surface area contributed by atoms with Crippen molar-refractivity contribution in [3.8, 4) is 11.5 Å². The van der Waals surface area contributed by atoms with Gasteiger partial charge in [-0.3, -0.25) is 0 Å². The number of benzene rings is 1. The van der Waals surface area contributed by atoms with Crippen LogP contribution >= 0.6 is 11.6 Å². The Hall–Kier alpha value is -0.930. The molecule has 0 atom stereocenters. The molecule has 0 bridgehead atoms. The van der Waals surface area contributed by atoms with Crippen molar-refractivity contribution in [2.45, 2.75) is 12.8 Å². The molecule has 0 saturated carbocycles. The largest absolute Gasteiger partial charge is 0.490 e. The molecule has 0 aliphatic rings. The van der Waals surface area contributed by atoms with Crippen LogP contribution in [0.25, 0.3) is 0 Å². The van der Waals surface area contributed by atoms with Gasteiger partial charge < -0.3 is 14.2 Å². The van der Waals surface area contributed by atoms with Crippen LogP contribution in [0.1, 0.15) is 12.5 Å². The Balaban J connectivity index is 2.72. The van der Waals surface area contributed by atoms with Crippen molar-refractivity contribution >= 4 is 11.6 Å². The lowest BCUT2D eigenvalue weighted by molar-refractivity contribution is 0.143. The van der Waals surface area contributed by atoms with Crippen LogP contribution in [0.2, 0.25) is 0 Å². The number of halogens is 1. The van der Waals surface area contributed by atoms with Gasteiger partial charge in [0.05, 0.1) is 13.2 Å². The highest BCUT2D eigenvalue weighted by molar-refractivity contribution is 6.17. The van der Waals surface area contributed by atoms with E-state index in [0.717, 1.165) is 17.1 Å². The molecule has 0 aromatic heterocycles. The molecule has 3 nitrogen and oxygen atoms in total. The Morgan fingerprint density at radius 2 is 1.94 bits per heavy atom. The lowest BCUT2D eigenvalue weighted by Crippen LogP contribution is -2.06. The van der Waals surface area contributed by atoms with E-state index in [-0.39, 0.29) is 0 Å². The van der Waals surface area contributed by atoms with Gasteiger partial charge in [-0.05, 0) is 24.6 Å². The van der Waals surface area contributed by atoms with Gasteiger partial charge >= 0.3 is 0 Å². The maximum atomic E-state index is 5.76. The summed E-state index contributed by atoms with van der Waals surface area (Å²) in [6.07, 6.45) is 0. The summed E-state index contributed by atoms with van der Waals surface area (Å²) in [5.41, 5.74) is 1.02. The van der Waals surface area contributed by atoms with Crippen molar-refractivity contribution in [1.82, 2.24) is 0 Å². The highest BCUT2D eigenvalue weighted by atomic mass is 35.5. The fraction of sp³-hybridized carbons (Fsp3) is 0.500. The van der Waals surface area contributed by atoms with E-state index in [0.29, 0.717) is 25.7 Å². The SMILES string of the molecule is CCOc1cc(CCl)ccc1OCCOC. The predicted molar refractivity (Wildman–Crippen MR) is 64.5 cm³/mol. The summed E-state index contributed by atoms with van der Waals surface area (Å²) in [6.45, 7) is 3.61. The molecule has 0 saturated heterocycles. The molecule has 1 aromatic carbocycles. The lowest BCUT2D eigenvalue weighted by Gasteiger charge is -2.12. The first-order chi connectivity index (χ1) is 7.81. The molecule has 0 fully saturated rings. The van der Waals surface area contributed by atoms with Crippen LogP contribution in [0, 0.1) is 0 Å². The Morgan fingerprint density at radius 3 is 2.56 bits per heavy atom. The summed E-state index contributed by atoms with van der Waals surface area (Å²) in [6, 6.07) is 5.70. The van der Waals surface area contributed by atoms with E-state index >= 15 is 0 Å². The summed E-state index contributed by atoms with van der Waals surface area (Å²) >= 11 is 5.76. The first-order valence-electron chi connectivity index (χ1n) is 5.25. The maximum absolute atomic E-state index is 5.76. The third-order valence-corrected chi connectivity index (χ3v) is 2.32. The molecule has 0 N–H and O–H groups in total. The maximum Gasteiger partial charge on any atom is 0.161 e. The fourth-order valence-corrected chi connectivity index (χ4v) is 1.42. The smallest absolute Gasteiger partial charge is 0.161 e. The predicted octanol–water partition coefficient (Wildman–Crippen LogP) is 2.85. The highest BCUT2D eigenvalue weighted by Crippen LogP contribution is 2.28. The second kappa shape index (κ2) is 7.36. The van der Waals surface area contributed by atoms with Gasteiger partial charge in [-0.25, -0.2) is 0 Å². The number of ether oxygens (including phenoxy) is 3. The Kier molecular flexibility index (Phi) is 6.04. The topological polar surface area (TPSA) is 27.7 Å². The van der Waals surface area contributed by atoms with Gasteiger partial charge in [0.2, 0.25) is 0 Å². The molecule has 16 heavy (non-hydrogen) atoms. The van der Waals surface area contributed by atoms with Crippen molar-refractivity contribution < 1.29 is 14.2 Å². The standard InChI is InChI=1S/C12H17ClO3/c1-3-15-12-8-10(9-13)4-5-11(12)16-7-6-14-2/h4-5,8H,3,6-7,9H2,1-2H3. The third-order valence-electron chi connectivity index (χ3n) is 2.01. The molecule has 0 unspecified atom stereocenters. The van der Waals surface area contributed by atoms with Crippen molar-refractivity contribution in [1.29, 1.82) is 0 Å². The molecule has 0 spiro atoms. The van der Waals surface area contributed by atoms with Crippen molar-refractivity contribution in [3.63, 3.8) is 0 Å². The lowest BCUT2D eigenvalue weighted by atomic mass is 10.2. The molecular weight excluding hydrogens is 228 g/mol. The van der Waals surface area contributed by atoms with E-state index in [9.17, 15) is 0 Å². The van der Waals surface area contributed by atoms with Crippen molar-refractivity contribution in [2.75, 3.05) is 26.9 Å². The summed E-state index contributed by atoms with van der Waals surface area (Å²) in [4.78, 5) is 0. The van der Waals surface area contributed by atoms with Gasteiger partial charge in [-0.1, -0.05) is 6.07 Å². The van der Waals surface area contributed by atoms with E-state index < -0.39 is 0 Å². The van der Waals surface area contributed by atoms with E-state index in [2.05, 4.69) is 0 Å². The molecule has 0 aliphatic carbocycles. The summed E-state index contributed by atoms with van der Waals surface area (Å²) < 4.78 is 15.9. The second-order valence-electron chi connectivity index (χ2n) is 3.19. The zero-order chi connectivity index (χ0) is 11.8. The van der Waals surface area contributed by atoms with E-state index in [1.807, 2.05) is 25.1 Å². The van der Waals surface area contributed by atoms with E-state index in [1.165, 1.54) is 0 Å². The zero-order valence-corrected chi connectivity index (χ0v) is 10.4. The molecule has 0 heterocycles. The van der Waals surface area contributed by atoms with Gasteiger partial charge in [-0.15, -0.1) is 11.6 Å². The summed E-state index contributed by atoms with van der Waals surface area (Å²) in [7, 11) is 1.64. The molecule has 1 rings (SSSR count). The minimum Gasteiger partial charge on any atom is -0.490 e. The quantitative estimate of drug-likeness (QED) is 0.545. The molecule has 90 valence electrons. The van der Waals surface area contributed by atoms with Gasteiger partial charge in [0, 0.05) is 13.0 Å². The van der Waals surface area contributed by atoms with Crippen LogP contribution in [0.5, 0.6) is 11.5 Å². The molecule has 1 aromatic rings. The highest BCUT2D eigenvalue weighted by Gasteiger charge is 2.05. The number of hydrogen-bond donors (Lipinski definition) is 0. The Morgan fingerprint density at radius 1 is 1.12 bits per heavy atom. The molecule has 0 aliphatic heterocycles. The Bertz CT molecular complexity index is 315. The first kappa shape index (κ1) is 13.1. The van der Waals surface area contributed by atoms with Crippen LogP contribution in [0.15, 0.2) is 18.2 Å². The summed E-state index contributed by atoms with van der Waals surface area (Å²) in [5.74, 6) is 1.93. The third kappa shape index (κ3) is 3.91. The zero-order valence-electron chi connectivity index (χ0n) is 9.66. The molecule has 4 heteroatoms. The van der Waals surface area contributed by atoms with Crippen LogP contribution in [-0.4, -0.2) is 26.9 Å². The number of methoxy groups -OCH3 is 1. The van der Waals surface area contributed by atoms with Crippen LogP contribution in [0.3, 0.4) is 0 Å². The molecular formula is C12H17ClO3. The number of hydrogen-bond acceptors (Lipinski definition) is 3. The van der Waals surface area contributed by atoms with E-state index in [4.69, 9.17) is 25.8 Å². The van der Waals surface area contributed by atoms with Crippen LogP contribution < -0.4 is 9.47 Å². The average molecular weight is 245 g/mol. The number of alkyl halides is 1. The monoisotopic (exact) mass is 244 g/mol. The normalized spacial score (nSPS) is 10.2. The van der Waals surface area contributed by atoms with Gasteiger partial charge in [0.1, 0.15) is 6.61 Å². The van der Waals surface area contributed by atoms with Gasteiger partial charge in [0.25, 0.3) is 0 Å². The van der Waals surface area contributed by atoms with E-state index in [1.54, 1.807) is 7.11 Å². The first-order valence-corrected chi connectivity index (χ1v) is 5.78. The average Bonchev–Trinajstić information content (AvgIpc) is 2.31. The van der Waals surface area contributed by atoms with Crippen molar-refractivity contribution in [2.24, 2.45) is 0 Å².